The van der Waals surface area contributed by atoms with E-state index in [1.807, 2.05) is 24.5 Å². The van der Waals surface area contributed by atoms with Crippen molar-refractivity contribution in [3.63, 3.8) is 0 Å². The van der Waals surface area contributed by atoms with Crippen LogP contribution in [-0.2, 0) is 0 Å². The van der Waals surface area contributed by atoms with Crippen molar-refractivity contribution in [2.75, 3.05) is 4.90 Å². The molecule has 116 valence electrons. The Balaban J connectivity index is 1.76. The molecule has 0 saturated heterocycles. The van der Waals surface area contributed by atoms with E-state index in [1.165, 1.54) is 20.5 Å². The minimum Gasteiger partial charge on any atom is -0.328 e. The number of halogens is 1. The Hall–Kier alpha value is -2.21. The Bertz CT molecular complexity index is 952. The summed E-state index contributed by atoms with van der Waals surface area (Å²) in [6.45, 7) is 0. The second-order valence-corrected chi connectivity index (χ2v) is 7.15. The summed E-state index contributed by atoms with van der Waals surface area (Å²) in [4.78, 5) is 11.7. The minimum absolute atomic E-state index is 0.236. The molecule has 1 aliphatic carbocycles. The van der Waals surface area contributed by atoms with Gasteiger partial charge in [-0.2, -0.15) is 0 Å². The van der Waals surface area contributed by atoms with Crippen LogP contribution in [0.25, 0.3) is 11.4 Å². The molecule has 5 rings (SSSR count). The topological polar surface area (TPSA) is 29.0 Å². The zero-order valence-electron chi connectivity index (χ0n) is 12.8. The van der Waals surface area contributed by atoms with Crippen molar-refractivity contribution in [3.8, 4) is 11.4 Å². The van der Waals surface area contributed by atoms with E-state index in [9.17, 15) is 0 Å². The Morgan fingerprint density at radius 1 is 0.792 bits per heavy atom. The molecule has 0 spiro atoms. The maximum Gasteiger partial charge on any atom is 0.0942 e. The second-order valence-electron chi connectivity index (χ2n) is 6.05. The van der Waals surface area contributed by atoms with Crippen LogP contribution in [0.1, 0.15) is 23.1 Å². The number of hydrogen-bond donors (Lipinski definition) is 0. The van der Waals surface area contributed by atoms with Crippen LogP contribution in [0.5, 0.6) is 0 Å². The molecule has 3 nitrogen and oxygen atoms in total. The maximum atomic E-state index is 4.66. The van der Waals surface area contributed by atoms with Crippen LogP contribution in [0.3, 0.4) is 0 Å². The van der Waals surface area contributed by atoms with E-state index >= 15 is 0 Å². The lowest BCUT2D eigenvalue weighted by atomic mass is 9.80. The van der Waals surface area contributed by atoms with Crippen LogP contribution < -0.4 is 4.90 Å². The number of anilines is 1. The van der Waals surface area contributed by atoms with Gasteiger partial charge in [-0.1, -0.05) is 30.3 Å². The van der Waals surface area contributed by atoms with E-state index < -0.39 is 0 Å². The van der Waals surface area contributed by atoms with Crippen molar-refractivity contribution < 1.29 is 0 Å². The molecule has 0 N–H and O–H groups in total. The Morgan fingerprint density at radius 2 is 1.46 bits per heavy atom. The third-order valence-corrected chi connectivity index (χ3v) is 5.66. The van der Waals surface area contributed by atoms with Crippen molar-refractivity contribution in [2.45, 2.75) is 12.0 Å². The van der Waals surface area contributed by atoms with Crippen molar-refractivity contribution in [2.24, 2.45) is 0 Å². The van der Waals surface area contributed by atoms with Crippen molar-refractivity contribution in [1.29, 1.82) is 0 Å². The summed E-state index contributed by atoms with van der Waals surface area (Å²) in [5.74, 6) is 0.303. The van der Waals surface area contributed by atoms with Gasteiger partial charge in [0.1, 0.15) is 0 Å². The SMILES string of the molecule is IC1=CC2c3cccnc3-c3ncccc3C2N1c1ccccc1. The average molecular weight is 423 g/mol. The van der Waals surface area contributed by atoms with Crippen LogP contribution in [0.2, 0.25) is 0 Å². The summed E-state index contributed by atoms with van der Waals surface area (Å²) < 4.78 is 1.25. The number of para-hydroxylation sites is 1. The summed E-state index contributed by atoms with van der Waals surface area (Å²) in [5.41, 5.74) is 5.76. The van der Waals surface area contributed by atoms with Crippen LogP contribution in [0, 0.1) is 0 Å². The van der Waals surface area contributed by atoms with Gasteiger partial charge in [0, 0.05) is 29.6 Å². The number of rotatable bonds is 1. The van der Waals surface area contributed by atoms with Gasteiger partial charge in [-0.3, -0.25) is 9.97 Å². The molecule has 2 unspecified atom stereocenters. The summed E-state index contributed by atoms with van der Waals surface area (Å²) in [6, 6.07) is 19.2. The minimum atomic E-state index is 0.236. The molecule has 0 radical (unpaired) electrons. The van der Waals surface area contributed by atoms with E-state index in [1.54, 1.807) is 0 Å². The van der Waals surface area contributed by atoms with E-state index in [4.69, 9.17) is 0 Å². The molecule has 2 atom stereocenters. The lowest BCUT2D eigenvalue weighted by Gasteiger charge is -2.36. The first-order valence-electron chi connectivity index (χ1n) is 7.96. The van der Waals surface area contributed by atoms with E-state index in [0.717, 1.165) is 11.4 Å². The van der Waals surface area contributed by atoms with Crippen LogP contribution in [0.4, 0.5) is 5.69 Å². The molecule has 0 fully saturated rings. The predicted octanol–water partition coefficient (Wildman–Crippen LogP) is 5.08. The molecule has 1 aliphatic heterocycles. The molecular formula is C20H14IN3. The standard InChI is InChI=1S/C20H14IN3/c21-17-12-16-14-8-4-10-22-18(14)19-15(9-5-11-23-19)20(16)24(17)13-6-2-1-3-7-13/h1-12,16,20H. The fourth-order valence-corrected chi connectivity index (χ4v) is 4.78. The van der Waals surface area contributed by atoms with E-state index in [-0.39, 0.29) is 6.04 Å². The second kappa shape index (κ2) is 5.41. The summed E-state index contributed by atoms with van der Waals surface area (Å²) >= 11 is 2.45. The lowest BCUT2D eigenvalue weighted by Crippen LogP contribution is -2.28. The highest BCUT2D eigenvalue weighted by Crippen LogP contribution is 2.54. The largest absolute Gasteiger partial charge is 0.328 e. The fraction of sp³-hybridized carbons (Fsp3) is 0.100. The average Bonchev–Trinajstić information content (AvgIpc) is 3.00. The predicted molar refractivity (Wildman–Crippen MR) is 104 cm³/mol. The number of fused-ring (bicyclic) bond motifs is 6. The zero-order valence-corrected chi connectivity index (χ0v) is 15.0. The number of pyridine rings is 2. The van der Waals surface area contributed by atoms with Gasteiger partial charge in [0.15, 0.2) is 0 Å². The monoisotopic (exact) mass is 423 g/mol. The van der Waals surface area contributed by atoms with Crippen LogP contribution in [-0.4, -0.2) is 9.97 Å². The molecule has 2 aliphatic rings. The van der Waals surface area contributed by atoms with Gasteiger partial charge in [-0.05, 0) is 58.5 Å². The molecule has 0 bridgehead atoms. The van der Waals surface area contributed by atoms with Gasteiger partial charge < -0.3 is 4.90 Å². The first-order valence-corrected chi connectivity index (χ1v) is 9.04. The number of aromatic nitrogens is 2. The van der Waals surface area contributed by atoms with Gasteiger partial charge in [-0.25, -0.2) is 0 Å². The molecular weight excluding hydrogens is 409 g/mol. The smallest absolute Gasteiger partial charge is 0.0942 e. The quantitative estimate of drug-likeness (QED) is 0.404. The van der Waals surface area contributed by atoms with Gasteiger partial charge in [0.2, 0.25) is 0 Å². The van der Waals surface area contributed by atoms with Crippen LogP contribution in [0.15, 0.2) is 76.8 Å². The Labute approximate surface area is 154 Å². The van der Waals surface area contributed by atoms with Gasteiger partial charge >= 0.3 is 0 Å². The van der Waals surface area contributed by atoms with Gasteiger partial charge in [0.05, 0.1) is 21.1 Å². The summed E-state index contributed by atoms with van der Waals surface area (Å²) in [5, 5.41) is 0. The third kappa shape index (κ3) is 1.95. The van der Waals surface area contributed by atoms with E-state index in [0.29, 0.717) is 5.92 Å². The zero-order chi connectivity index (χ0) is 16.1. The Morgan fingerprint density at radius 3 is 2.21 bits per heavy atom. The molecule has 4 heteroatoms. The molecule has 3 aromatic rings. The highest BCUT2D eigenvalue weighted by Gasteiger charge is 2.42. The number of nitrogens with zero attached hydrogens (tertiary/aromatic N) is 3. The van der Waals surface area contributed by atoms with Crippen molar-refractivity contribution in [3.05, 3.63) is 87.9 Å². The first kappa shape index (κ1) is 14.2. The molecule has 1 aromatic carbocycles. The highest BCUT2D eigenvalue weighted by molar-refractivity contribution is 14.1. The Kier molecular flexibility index (Phi) is 3.19. The molecule has 0 saturated carbocycles. The highest BCUT2D eigenvalue weighted by atomic mass is 127. The van der Waals surface area contributed by atoms with Gasteiger partial charge in [0.25, 0.3) is 0 Å². The maximum absolute atomic E-state index is 4.66. The molecule has 2 aromatic heterocycles. The normalized spacial score (nSPS) is 20.9. The summed E-state index contributed by atoms with van der Waals surface area (Å²) in [7, 11) is 0. The molecule has 24 heavy (non-hydrogen) atoms. The van der Waals surface area contributed by atoms with E-state index in [2.05, 4.69) is 86.0 Å². The first-order chi connectivity index (χ1) is 11.8. The summed E-state index contributed by atoms with van der Waals surface area (Å²) in [6.07, 6.45) is 6.07. The number of hydrogen-bond acceptors (Lipinski definition) is 3. The van der Waals surface area contributed by atoms with Crippen molar-refractivity contribution in [1.82, 2.24) is 9.97 Å². The fourth-order valence-electron chi connectivity index (χ4n) is 3.82. The molecule has 3 heterocycles. The molecule has 0 amide bonds. The van der Waals surface area contributed by atoms with Crippen molar-refractivity contribution >= 4 is 28.3 Å². The van der Waals surface area contributed by atoms with Gasteiger partial charge in [-0.15, -0.1) is 0 Å². The number of benzene rings is 1. The lowest BCUT2D eigenvalue weighted by molar-refractivity contribution is 0.645. The van der Waals surface area contributed by atoms with Crippen LogP contribution >= 0.6 is 22.6 Å². The third-order valence-electron chi connectivity index (χ3n) is 4.78.